The van der Waals surface area contributed by atoms with E-state index in [4.69, 9.17) is 9.26 Å². The molecular formula is C22H23FN2O3. The molecule has 0 aliphatic rings. The van der Waals surface area contributed by atoms with E-state index in [0.717, 1.165) is 17.5 Å². The zero-order valence-electron chi connectivity index (χ0n) is 16.2. The summed E-state index contributed by atoms with van der Waals surface area (Å²) >= 11 is 0. The van der Waals surface area contributed by atoms with Crippen LogP contribution in [0.1, 0.15) is 52.3 Å². The van der Waals surface area contributed by atoms with E-state index in [0.29, 0.717) is 11.3 Å². The van der Waals surface area contributed by atoms with Crippen LogP contribution in [0.3, 0.4) is 0 Å². The van der Waals surface area contributed by atoms with Crippen molar-refractivity contribution < 1.29 is 18.4 Å². The maximum absolute atomic E-state index is 13.8. The Labute approximate surface area is 163 Å². The molecule has 0 radical (unpaired) electrons. The number of para-hydroxylation sites is 1. The van der Waals surface area contributed by atoms with Crippen LogP contribution in [0.25, 0.3) is 0 Å². The summed E-state index contributed by atoms with van der Waals surface area (Å²) in [6, 6.07) is 14.0. The lowest BCUT2D eigenvalue weighted by molar-refractivity contribution is 0.0924. The van der Waals surface area contributed by atoms with Gasteiger partial charge < -0.3 is 14.6 Å². The number of hydrogen-bond acceptors (Lipinski definition) is 4. The van der Waals surface area contributed by atoms with Crippen molar-refractivity contribution in [1.29, 1.82) is 0 Å². The van der Waals surface area contributed by atoms with Crippen LogP contribution >= 0.6 is 0 Å². The van der Waals surface area contributed by atoms with Crippen molar-refractivity contribution in [2.45, 2.75) is 39.8 Å². The number of nitrogens with one attached hydrogen (secondary N) is 1. The lowest BCUT2D eigenvalue weighted by Gasteiger charge is -2.17. The molecule has 146 valence electrons. The van der Waals surface area contributed by atoms with Gasteiger partial charge in [0.05, 0.1) is 11.6 Å². The SMILES string of the molecule is CCC(NC(=O)c1noc(C)c1COc1ccccc1F)c1ccc(C)cc1. The van der Waals surface area contributed by atoms with E-state index in [1.54, 1.807) is 19.1 Å². The van der Waals surface area contributed by atoms with Crippen molar-refractivity contribution in [3.63, 3.8) is 0 Å². The Morgan fingerprint density at radius 2 is 1.89 bits per heavy atom. The summed E-state index contributed by atoms with van der Waals surface area (Å²) in [4.78, 5) is 12.8. The number of benzene rings is 2. The van der Waals surface area contributed by atoms with Gasteiger partial charge in [0.2, 0.25) is 0 Å². The molecule has 28 heavy (non-hydrogen) atoms. The number of amides is 1. The second-order valence-electron chi connectivity index (χ2n) is 6.63. The van der Waals surface area contributed by atoms with Gasteiger partial charge in [-0.15, -0.1) is 0 Å². The molecule has 6 heteroatoms. The molecular weight excluding hydrogens is 359 g/mol. The van der Waals surface area contributed by atoms with Gasteiger partial charge in [-0.2, -0.15) is 0 Å². The Morgan fingerprint density at radius 3 is 2.57 bits per heavy atom. The molecule has 0 saturated heterocycles. The Balaban J connectivity index is 1.75. The van der Waals surface area contributed by atoms with Crippen LogP contribution in [-0.2, 0) is 6.61 Å². The number of halogens is 1. The fraction of sp³-hybridized carbons (Fsp3) is 0.273. The Morgan fingerprint density at radius 1 is 1.18 bits per heavy atom. The number of rotatable bonds is 7. The van der Waals surface area contributed by atoms with E-state index in [9.17, 15) is 9.18 Å². The van der Waals surface area contributed by atoms with Crippen LogP contribution in [0.4, 0.5) is 4.39 Å². The fourth-order valence-corrected chi connectivity index (χ4v) is 2.90. The highest BCUT2D eigenvalue weighted by Gasteiger charge is 2.23. The first-order valence-electron chi connectivity index (χ1n) is 9.19. The molecule has 2 aromatic carbocycles. The maximum atomic E-state index is 13.8. The molecule has 1 amide bonds. The summed E-state index contributed by atoms with van der Waals surface area (Å²) in [6.45, 7) is 5.70. The summed E-state index contributed by atoms with van der Waals surface area (Å²) in [5, 5.41) is 6.88. The van der Waals surface area contributed by atoms with Gasteiger partial charge in [-0.05, 0) is 38.0 Å². The van der Waals surface area contributed by atoms with Gasteiger partial charge in [-0.25, -0.2) is 4.39 Å². The highest BCUT2D eigenvalue weighted by Crippen LogP contribution is 2.22. The number of hydrogen-bond donors (Lipinski definition) is 1. The van der Waals surface area contributed by atoms with Crippen LogP contribution in [0.15, 0.2) is 53.1 Å². The van der Waals surface area contributed by atoms with Crippen molar-refractivity contribution in [3.8, 4) is 5.75 Å². The molecule has 5 nitrogen and oxygen atoms in total. The molecule has 1 unspecified atom stereocenters. The van der Waals surface area contributed by atoms with Crippen LogP contribution in [0.5, 0.6) is 5.75 Å². The highest BCUT2D eigenvalue weighted by molar-refractivity contribution is 5.94. The average Bonchev–Trinajstić information content (AvgIpc) is 3.07. The number of carbonyl (C=O) groups excluding carboxylic acids is 1. The third-order valence-electron chi connectivity index (χ3n) is 4.60. The van der Waals surface area contributed by atoms with E-state index in [2.05, 4.69) is 10.5 Å². The third kappa shape index (κ3) is 4.39. The van der Waals surface area contributed by atoms with Crippen LogP contribution < -0.4 is 10.1 Å². The smallest absolute Gasteiger partial charge is 0.274 e. The number of aromatic nitrogens is 1. The minimum Gasteiger partial charge on any atom is -0.486 e. The van der Waals surface area contributed by atoms with E-state index in [1.165, 1.54) is 12.1 Å². The van der Waals surface area contributed by atoms with Crippen molar-refractivity contribution in [3.05, 3.63) is 82.5 Å². The first kappa shape index (κ1) is 19.6. The number of aryl methyl sites for hydroxylation is 2. The average molecular weight is 382 g/mol. The fourth-order valence-electron chi connectivity index (χ4n) is 2.90. The second-order valence-corrected chi connectivity index (χ2v) is 6.63. The largest absolute Gasteiger partial charge is 0.486 e. The summed E-state index contributed by atoms with van der Waals surface area (Å²) in [5.41, 5.74) is 2.83. The molecule has 0 bridgehead atoms. The Bertz CT molecular complexity index is 951. The number of carbonyl (C=O) groups is 1. The molecule has 0 saturated carbocycles. The highest BCUT2D eigenvalue weighted by atomic mass is 19.1. The summed E-state index contributed by atoms with van der Waals surface area (Å²) in [7, 11) is 0. The molecule has 3 aromatic rings. The molecule has 1 heterocycles. The normalized spacial score (nSPS) is 11.9. The zero-order valence-corrected chi connectivity index (χ0v) is 16.2. The first-order valence-corrected chi connectivity index (χ1v) is 9.19. The van der Waals surface area contributed by atoms with E-state index in [-0.39, 0.29) is 30.0 Å². The van der Waals surface area contributed by atoms with Crippen LogP contribution in [-0.4, -0.2) is 11.1 Å². The number of ether oxygens (including phenoxy) is 1. The van der Waals surface area contributed by atoms with Gasteiger partial charge in [0.1, 0.15) is 12.4 Å². The number of nitrogens with zero attached hydrogens (tertiary/aromatic N) is 1. The lowest BCUT2D eigenvalue weighted by Crippen LogP contribution is -2.29. The van der Waals surface area contributed by atoms with E-state index in [1.807, 2.05) is 38.1 Å². The van der Waals surface area contributed by atoms with Crippen molar-refractivity contribution >= 4 is 5.91 Å². The first-order chi connectivity index (χ1) is 13.5. The van der Waals surface area contributed by atoms with E-state index < -0.39 is 5.82 Å². The molecule has 0 fully saturated rings. The molecule has 3 rings (SSSR count). The molecule has 0 aliphatic heterocycles. The van der Waals surface area contributed by atoms with Crippen molar-refractivity contribution in [1.82, 2.24) is 10.5 Å². The van der Waals surface area contributed by atoms with Crippen LogP contribution in [0.2, 0.25) is 0 Å². The van der Waals surface area contributed by atoms with Gasteiger partial charge in [-0.3, -0.25) is 4.79 Å². The zero-order chi connectivity index (χ0) is 20.1. The standard InChI is InChI=1S/C22H23FN2O3/c1-4-19(16-11-9-14(2)10-12-16)24-22(26)21-17(15(3)28-25-21)13-27-20-8-6-5-7-18(20)23/h5-12,19H,4,13H2,1-3H3,(H,24,26). The molecule has 1 atom stereocenters. The predicted molar refractivity (Wildman–Crippen MR) is 104 cm³/mol. The second kappa shape index (κ2) is 8.69. The molecule has 0 aliphatic carbocycles. The third-order valence-corrected chi connectivity index (χ3v) is 4.60. The topological polar surface area (TPSA) is 64.4 Å². The minimum absolute atomic E-state index is 0.0135. The monoisotopic (exact) mass is 382 g/mol. The Kier molecular flexibility index (Phi) is 6.09. The maximum Gasteiger partial charge on any atom is 0.274 e. The summed E-state index contributed by atoms with van der Waals surface area (Å²) < 4.78 is 24.5. The molecule has 0 spiro atoms. The van der Waals surface area contributed by atoms with Crippen molar-refractivity contribution in [2.24, 2.45) is 0 Å². The quantitative estimate of drug-likeness (QED) is 0.632. The minimum atomic E-state index is -0.465. The van der Waals surface area contributed by atoms with Gasteiger partial charge in [0.25, 0.3) is 5.91 Å². The predicted octanol–water partition coefficient (Wildman–Crippen LogP) is 4.89. The summed E-state index contributed by atoms with van der Waals surface area (Å²) in [6.07, 6.45) is 0.729. The van der Waals surface area contributed by atoms with Gasteiger partial charge in [0, 0.05) is 0 Å². The van der Waals surface area contributed by atoms with Crippen LogP contribution in [0, 0.1) is 19.7 Å². The van der Waals surface area contributed by atoms with Gasteiger partial charge >= 0.3 is 0 Å². The molecule has 1 N–H and O–H groups in total. The summed E-state index contributed by atoms with van der Waals surface area (Å²) in [5.74, 6) is -0.241. The van der Waals surface area contributed by atoms with Gasteiger partial charge in [0.15, 0.2) is 17.3 Å². The van der Waals surface area contributed by atoms with E-state index >= 15 is 0 Å². The lowest BCUT2D eigenvalue weighted by atomic mass is 10.0. The molecule has 1 aromatic heterocycles. The Hall–Kier alpha value is -3.15. The van der Waals surface area contributed by atoms with Crippen molar-refractivity contribution in [2.75, 3.05) is 0 Å². The van der Waals surface area contributed by atoms with Gasteiger partial charge in [-0.1, -0.05) is 54.0 Å².